The zero-order valence-corrected chi connectivity index (χ0v) is 27.7. The van der Waals surface area contributed by atoms with Gasteiger partial charge in [-0.3, -0.25) is 14.4 Å². The Morgan fingerprint density at radius 1 is 0.938 bits per heavy atom. The summed E-state index contributed by atoms with van der Waals surface area (Å²) in [6.07, 6.45) is 1.47. The van der Waals surface area contributed by atoms with Gasteiger partial charge in [0.05, 0.1) is 25.2 Å². The Balaban J connectivity index is 1.23. The molecule has 0 unspecified atom stereocenters. The van der Waals surface area contributed by atoms with Crippen LogP contribution in [0, 0.1) is 0 Å². The Morgan fingerprint density at radius 3 is 2.48 bits per heavy atom. The van der Waals surface area contributed by atoms with Crippen molar-refractivity contribution in [2.45, 2.75) is 11.8 Å². The lowest BCUT2D eigenvalue weighted by Crippen LogP contribution is -2.30. The van der Waals surface area contributed by atoms with Crippen LogP contribution in [0.1, 0.15) is 22.8 Å². The fourth-order valence-electron chi connectivity index (χ4n) is 4.44. The van der Waals surface area contributed by atoms with Gasteiger partial charge in [-0.05, 0) is 79.7 Å². The van der Waals surface area contributed by atoms with E-state index < -0.39 is 11.8 Å². The molecule has 0 radical (unpaired) electrons. The number of amides is 3. The number of carbonyl (C=O) groups is 3. The molecule has 0 bridgehead atoms. The summed E-state index contributed by atoms with van der Waals surface area (Å²) in [4.78, 5) is 44.5. The molecule has 0 aliphatic heterocycles. The van der Waals surface area contributed by atoms with Crippen LogP contribution in [0.5, 0.6) is 17.2 Å². The first-order valence-electron chi connectivity index (χ1n) is 14.8. The van der Waals surface area contributed by atoms with Gasteiger partial charge >= 0.3 is 0 Å². The molecule has 48 heavy (non-hydrogen) atoms. The van der Waals surface area contributed by atoms with Gasteiger partial charge in [0.15, 0.2) is 5.13 Å². The molecule has 10 nitrogen and oxygen atoms in total. The number of thiazole rings is 1. The third-order valence-electron chi connectivity index (χ3n) is 6.72. The molecular formula is C36H32N4O6S2. The predicted octanol–water partition coefficient (Wildman–Crippen LogP) is 7.06. The van der Waals surface area contributed by atoms with Gasteiger partial charge in [-0.25, -0.2) is 4.98 Å². The van der Waals surface area contributed by atoms with E-state index >= 15 is 0 Å². The highest BCUT2D eigenvalue weighted by atomic mass is 32.2. The number of hydrogen-bond donors (Lipinski definition) is 4. The molecule has 1 aromatic heterocycles. The van der Waals surface area contributed by atoms with Gasteiger partial charge in [0.1, 0.15) is 22.9 Å². The highest BCUT2D eigenvalue weighted by molar-refractivity contribution is 8.00. The van der Waals surface area contributed by atoms with Crippen LogP contribution in [-0.4, -0.2) is 47.3 Å². The fourth-order valence-corrected chi connectivity index (χ4v) is 5.93. The standard InChI is InChI=1S/C36H32N4O6S2/c1-3-46-28-16-13-23(14-17-28)31-21-48-36(39-31)40-33(42)22-47-29-11-7-10-26(19-29)37-35(44)30(38-34(43)24-8-5-4-6-9-24)18-25-12-15-27(41)20-32(25)45-2/h4-21,41H,3,22H2,1-2H3,(H,37,44)(H,38,43)(H,39,40,42)/b30-18+. The van der Waals surface area contributed by atoms with Crippen molar-refractivity contribution in [3.05, 3.63) is 119 Å². The number of phenols is 1. The molecule has 4 N–H and O–H groups in total. The second kappa shape index (κ2) is 16.3. The van der Waals surface area contributed by atoms with Gasteiger partial charge < -0.3 is 30.5 Å². The number of aromatic nitrogens is 1. The summed E-state index contributed by atoms with van der Waals surface area (Å²) in [6.45, 7) is 2.52. The van der Waals surface area contributed by atoms with Crippen LogP contribution >= 0.6 is 23.1 Å². The lowest BCUT2D eigenvalue weighted by Gasteiger charge is -2.13. The van der Waals surface area contributed by atoms with E-state index in [0.717, 1.165) is 21.9 Å². The van der Waals surface area contributed by atoms with Gasteiger partial charge in [-0.15, -0.1) is 23.1 Å². The highest BCUT2D eigenvalue weighted by Crippen LogP contribution is 2.28. The van der Waals surface area contributed by atoms with Crippen LogP contribution in [0.25, 0.3) is 17.3 Å². The number of methoxy groups -OCH3 is 1. The number of phenolic OH excluding ortho intramolecular Hbond substituents is 1. The summed E-state index contributed by atoms with van der Waals surface area (Å²) >= 11 is 2.64. The Bertz CT molecular complexity index is 1930. The second-order valence-electron chi connectivity index (χ2n) is 10.1. The molecule has 0 saturated heterocycles. The van der Waals surface area contributed by atoms with E-state index in [4.69, 9.17) is 9.47 Å². The van der Waals surface area contributed by atoms with Gasteiger partial charge in [-0.2, -0.15) is 0 Å². The SMILES string of the molecule is CCOc1ccc(-c2csc(NC(=O)CSc3cccc(NC(=O)/C(=C\c4ccc(O)cc4OC)NC(=O)c4ccccc4)c3)n2)cc1. The van der Waals surface area contributed by atoms with Crippen molar-refractivity contribution < 1.29 is 29.0 Å². The number of benzene rings is 4. The number of ether oxygens (including phenoxy) is 2. The van der Waals surface area contributed by atoms with Crippen molar-refractivity contribution >= 4 is 57.7 Å². The van der Waals surface area contributed by atoms with Crippen molar-refractivity contribution in [3.8, 4) is 28.5 Å². The molecular weight excluding hydrogens is 649 g/mol. The van der Waals surface area contributed by atoms with E-state index in [-0.39, 0.29) is 23.1 Å². The van der Waals surface area contributed by atoms with Gasteiger partial charge in [0.25, 0.3) is 11.8 Å². The molecule has 0 atom stereocenters. The normalized spacial score (nSPS) is 11.0. The van der Waals surface area contributed by atoms with Crippen molar-refractivity contribution in [1.29, 1.82) is 0 Å². The number of hydrogen-bond acceptors (Lipinski definition) is 9. The Morgan fingerprint density at radius 2 is 1.73 bits per heavy atom. The number of aromatic hydroxyl groups is 1. The minimum Gasteiger partial charge on any atom is -0.508 e. The summed E-state index contributed by atoms with van der Waals surface area (Å²) in [7, 11) is 1.44. The lowest BCUT2D eigenvalue weighted by molar-refractivity contribution is -0.114. The monoisotopic (exact) mass is 680 g/mol. The van der Waals surface area contributed by atoms with Gasteiger partial charge in [0, 0.05) is 38.7 Å². The van der Waals surface area contributed by atoms with E-state index in [1.807, 2.05) is 42.6 Å². The average molecular weight is 681 g/mol. The molecule has 0 aliphatic rings. The molecule has 5 aromatic rings. The number of nitrogens with zero attached hydrogens (tertiary/aromatic N) is 1. The fraction of sp³-hybridized carbons (Fsp3) is 0.111. The molecule has 0 aliphatic carbocycles. The number of rotatable bonds is 13. The largest absolute Gasteiger partial charge is 0.508 e. The van der Waals surface area contributed by atoms with Crippen molar-refractivity contribution in [2.75, 3.05) is 30.1 Å². The van der Waals surface area contributed by atoms with Crippen LogP contribution in [-0.2, 0) is 9.59 Å². The third kappa shape index (κ3) is 9.24. The second-order valence-corrected chi connectivity index (χ2v) is 12.0. The zero-order valence-electron chi connectivity index (χ0n) is 26.1. The van der Waals surface area contributed by atoms with Crippen LogP contribution in [0.3, 0.4) is 0 Å². The Hall–Kier alpha value is -5.59. The topological polar surface area (TPSA) is 139 Å². The molecule has 0 fully saturated rings. The van der Waals surface area contributed by atoms with Gasteiger partial charge in [0.2, 0.25) is 5.91 Å². The summed E-state index contributed by atoms with van der Waals surface area (Å²) in [5, 5.41) is 20.6. The maximum Gasteiger partial charge on any atom is 0.272 e. The molecule has 3 amide bonds. The Labute approximate surface area is 285 Å². The van der Waals surface area contributed by atoms with E-state index in [0.29, 0.717) is 34.3 Å². The van der Waals surface area contributed by atoms with Crippen molar-refractivity contribution in [1.82, 2.24) is 10.3 Å². The minimum absolute atomic E-state index is 0.00774. The molecule has 4 aromatic carbocycles. The molecule has 244 valence electrons. The molecule has 1 heterocycles. The van der Waals surface area contributed by atoms with E-state index in [2.05, 4.69) is 20.9 Å². The molecule has 12 heteroatoms. The van der Waals surface area contributed by atoms with Crippen molar-refractivity contribution in [2.24, 2.45) is 0 Å². The first kappa shape index (κ1) is 33.8. The minimum atomic E-state index is -0.582. The third-order valence-corrected chi connectivity index (χ3v) is 8.47. The summed E-state index contributed by atoms with van der Waals surface area (Å²) < 4.78 is 10.8. The Kier molecular flexibility index (Phi) is 11.5. The first-order chi connectivity index (χ1) is 23.3. The maximum atomic E-state index is 13.5. The summed E-state index contributed by atoms with van der Waals surface area (Å²) in [6, 6.07) is 27.6. The molecule has 0 spiro atoms. The smallest absolute Gasteiger partial charge is 0.272 e. The zero-order chi connectivity index (χ0) is 33.9. The summed E-state index contributed by atoms with van der Waals surface area (Å²) in [5.74, 6) is -0.0687. The van der Waals surface area contributed by atoms with E-state index in [9.17, 15) is 19.5 Å². The van der Waals surface area contributed by atoms with Gasteiger partial charge in [-0.1, -0.05) is 24.3 Å². The van der Waals surface area contributed by atoms with Crippen LogP contribution in [0.4, 0.5) is 10.8 Å². The maximum absolute atomic E-state index is 13.5. The van der Waals surface area contributed by atoms with Crippen LogP contribution in [0.15, 0.2) is 113 Å². The van der Waals surface area contributed by atoms with Crippen LogP contribution < -0.4 is 25.4 Å². The average Bonchev–Trinajstić information content (AvgIpc) is 3.57. The number of thioether (sulfide) groups is 1. The van der Waals surface area contributed by atoms with E-state index in [1.165, 1.54) is 48.4 Å². The van der Waals surface area contributed by atoms with Crippen molar-refractivity contribution in [3.63, 3.8) is 0 Å². The predicted molar refractivity (Wildman–Crippen MR) is 190 cm³/mol. The van der Waals surface area contributed by atoms with Crippen LogP contribution in [0.2, 0.25) is 0 Å². The van der Waals surface area contributed by atoms with E-state index in [1.54, 1.807) is 54.6 Å². The number of carbonyl (C=O) groups excluding carboxylic acids is 3. The highest BCUT2D eigenvalue weighted by Gasteiger charge is 2.17. The lowest BCUT2D eigenvalue weighted by atomic mass is 10.1. The number of anilines is 2. The first-order valence-corrected chi connectivity index (χ1v) is 16.7. The molecule has 5 rings (SSSR count). The number of nitrogens with one attached hydrogen (secondary N) is 3. The summed E-state index contributed by atoms with van der Waals surface area (Å²) in [5.41, 5.74) is 2.93. The molecule has 0 saturated carbocycles. The quantitative estimate of drug-likeness (QED) is 0.0766.